The lowest BCUT2D eigenvalue weighted by Gasteiger charge is -2.18. The molecule has 460 valence electrons. The Morgan fingerprint density at radius 3 is 0.775 bits per heavy atom. The van der Waals surface area contributed by atoms with Gasteiger partial charge in [0, 0.05) is 19.3 Å². The van der Waals surface area contributed by atoms with Crippen LogP contribution in [0.1, 0.15) is 335 Å². The third kappa shape index (κ3) is 65.1. The zero-order valence-corrected chi connectivity index (χ0v) is 52.8. The summed E-state index contributed by atoms with van der Waals surface area (Å²) in [6.45, 7) is 6.51. The molecule has 6 heteroatoms. The molecule has 0 aliphatic heterocycles. The van der Waals surface area contributed by atoms with Gasteiger partial charge >= 0.3 is 17.9 Å². The number of unbranched alkanes of at least 4 members (excludes halogenated alkanes) is 35. The Labute approximate surface area is 496 Å². The van der Waals surface area contributed by atoms with Crippen LogP contribution in [0, 0.1) is 0 Å². The lowest BCUT2D eigenvalue weighted by molar-refractivity contribution is -0.167. The summed E-state index contributed by atoms with van der Waals surface area (Å²) in [7, 11) is 0. The molecule has 0 saturated carbocycles. The Kier molecular flexibility index (Phi) is 64.7. The summed E-state index contributed by atoms with van der Waals surface area (Å²) in [6, 6.07) is 0. The topological polar surface area (TPSA) is 78.9 Å². The van der Waals surface area contributed by atoms with Gasteiger partial charge in [0.15, 0.2) is 6.10 Å². The highest BCUT2D eigenvalue weighted by Crippen LogP contribution is 2.17. The number of hydrogen-bond acceptors (Lipinski definition) is 6. The van der Waals surface area contributed by atoms with Crippen molar-refractivity contribution >= 4 is 17.9 Å². The minimum atomic E-state index is -0.787. The molecule has 0 aromatic carbocycles. The van der Waals surface area contributed by atoms with Gasteiger partial charge in [-0.2, -0.15) is 0 Å². The van der Waals surface area contributed by atoms with Gasteiger partial charge < -0.3 is 14.2 Å². The van der Waals surface area contributed by atoms with Crippen LogP contribution in [-0.2, 0) is 28.6 Å². The fourth-order valence-electron chi connectivity index (χ4n) is 9.67. The summed E-state index contributed by atoms with van der Waals surface area (Å²) >= 11 is 0. The molecule has 6 nitrogen and oxygen atoms in total. The highest BCUT2D eigenvalue weighted by Gasteiger charge is 2.19. The first-order valence-corrected chi connectivity index (χ1v) is 34.2. The zero-order chi connectivity index (χ0) is 57.8. The second kappa shape index (κ2) is 67.8. The molecule has 0 amide bonds. The smallest absolute Gasteiger partial charge is 0.306 e. The zero-order valence-electron chi connectivity index (χ0n) is 52.8. The summed E-state index contributed by atoms with van der Waals surface area (Å²) < 4.78 is 16.9. The summed E-state index contributed by atoms with van der Waals surface area (Å²) in [5.74, 6) is -0.892. The molecule has 0 fully saturated rings. The van der Waals surface area contributed by atoms with Gasteiger partial charge in [-0.1, -0.05) is 291 Å². The minimum Gasteiger partial charge on any atom is -0.462 e. The fourth-order valence-corrected chi connectivity index (χ4v) is 9.67. The SMILES string of the molecule is CC/C=C\C/C=C\C/C=C\C/C=C\C/C=C\CCCCCCCCCCCCCCCCCCCC(=O)OCC(COC(=O)CCCCCCC/C=C\CCCCCC)OC(=O)CCCCCCC/C=C\C/C=C\CCCCCC. The molecule has 0 aromatic heterocycles. The van der Waals surface area contributed by atoms with Gasteiger partial charge in [-0.05, 0) is 122 Å². The molecule has 0 aliphatic carbocycles. The van der Waals surface area contributed by atoms with Gasteiger partial charge in [-0.3, -0.25) is 14.4 Å². The van der Waals surface area contributed by atoms with Crippen LogP contribution in [0.2, 0.25) is 0 Å². The summed E-state index contributed by atoms with van der Waals surface area (Å²) in [5.41, 5.74) is 0. The third-order valence-electron chi connectivity index (χ3n) is 14.8. The van der Waals surface area contributed by atoms with E-state index in [1.807, 2.05) is 0 Å². The van der Waals surface area contributed by atoms with Crippen LogP contribution in [0.3, 0.4) is 0 Å². The van der Waals surface area contributed by atoms with E-state index in [9.17, 15) is 14.4 Å². The van der Waals surface area contributed by atoms with Gasteiger partial charge in [0.05, 0.1) is 0 Å². The first-order chi connectivity index (χ1) is 39.5. The average Bonchev–Trinajstić information content (AvgIpc) is 3.46. The van der Waals surface area contributed by atoms with E-state index in [-0.39, 0.29) is 31.1 Å². The molecular weight excluding hydrogens is 985 g/mol. The van der Waals surface area contributed by atoms with Crippen LogP contribution in [0.4, 0.5) is 0 Å². The third-order valence-corrected chi connectivity index (χ3v) is 14.8. The maximum Gasteiger partial charge on any atom is 0.306 e. The van der Waals surface area contributed by atoms with Crippen LogP contribution in [0.5, 0.6) is 0 Å². The number of ether oxygens (including phenoxy) is 3. The lowest BCUT2D eigenvalue weighted by Crippen LogP contribution is -2.30. The highest BCUT2D eigenvalue weighted by molar-refractivity contribution is 5.71. The molecule has 0 radical (unpaired) electrons. The second-order valence-electron chi connectivity index (χ2n) is 22.7. The molecule has 80 heavy (non-hydrogen) atoms. The maximum absolute atomic E-state index is 12.9. The van der Waals surface area contributed by atoms with Crippen molar-refractivity contribution in [3.63, 3.8) is 0 Å². The molecule has 0 spiro atoms. The van der Waals surface area contributed by atoms with Crippen LogP contribution in [0.15, 0.2) is 97.2 Å². The largest absolute Gasteiger partial charge is 0.462 e. The minimum absolute atomic E-state index is 0.0826. The number of hydrogen-bond donors (Lipinski definition) is 0. The van der Waals surface area contributed by atoms with Gasteiger partial charge in [0.1, 0.15) is 13.2 Å². The van der Waals surface area contributed by atoms with Crippen LogP contribution in [-0.4, -0.2) is 37.2 Å². The molecule has 1 atom stereocenters. The number of rotatable bonds is 62. The normalized spacial score (nSPS) is 12.7. The second-order valence-corrected chi connectivity index (χ2v) is 22.7. The standard InChI is InChI=1S/C74H128O6/c1-4-7-10-13-16-19-22-25-27-29-30-31-32-33-34-35-36-37-38-39-40-41-42-43-44-45-47-49-52-55-58-61-64-67-73(76)79-70-71(69-78-72(75)66-63-60-57-54-51-48-24-21-18-15-12-9-6-3)80-74(77)68-65-62-59-56-53-50-46-28-26-23-20-17-14-11-8-5-2/h7,10,16,19-21,23-25,27-28,30-31,33-34,46,71H,4-6,8-9,11-15,17-18,22,26,29,32,35-45,47-70H2,1-3H3/b10-7-,19-16-,23-20-,24-21-,27-25-,31-30-,34-33-,46-28-. The van der Waals surface area contributed by atoms with Crippen molar-refractivity contribution in [2.45, 2.75) is 341 Å². The van der Waals surface area contributed by atoms with Crippen LogP contribution in [0.25, 0.3) is 0 Å². The molecule has 0 saturated heterocycles. The van der Waals surface area contributed by atoms with Crippen LogP contribution < -0.4 is 0 Å². The van der Waals surface area contributed by atoms with E-state index in [1.165, 1.54) is 173 Å². The van der Waals surface area contributed by atoms with Crippen molar-refractivity contribution in [2.75, 3.05) is 13.2 Å². The van der Waals surface area contributed by atoms with Crippen molar-refractivity contribution in [3.05, 3.63) is 97.2 Å². The number of carbonyl (C=O) groups is 3. The molecule has 0 aliphatic rings. The Balaban J connectivity index is 4.18. The van der Waals surface area contributed by atoms with E-state index in [1.54, 1.807) is 0 Å². The molecule has 0 N–H and O–H groups in total. The average molecular weight is 1110 g/mol. The van der Waals surface area contributed by atoms with E-state index in [4.69, 9.17) is 14.2 Å². The molecule has 0 heterocycles. The van der Waals surface area contributed by atoms with Gasteiger partial charge in [0.25, 0.3) is 0 Å². The van der Waals surface area contributed by atoms with Crippen LogP contribution >= 0.6 is 0 Å². The molecule has 0 bridgehead atoms. The van der Waals surface area contributed by atoms with E-state index >= 15 is 0 Å². The van der Waals surface area contributed by atoms with E-state index < -0.39 is 6.10 Å². The fraction of sp³-hybridized carbons (Fsp3) is 0.743. The molecule has 1 unspecified atom stereocenters. The predicted molar refractivity (Wildman–Crippen MR) is 348 cm³/mol. The number of carbonyl (C=O) groups excluding carboxylic acids is 3. The Morgan fingerprint density at radius 2 is 0.487 bits per heavy atom. The van der Waals surface area contributed by atoms with E-state index in [0.717, 1.165) is 122 Å². The quantitative estimate of drug-likeness (QED) is 0.0261. The summed E-state index contributed by atoms with van der Waals surface area (Å²) in [4.78, 5) is 38.3. The van der Waals surface area contributed by atoms with Gasteiger partial charge in [0.2, 0.25) is 0 Å². The Bertz CT molecular complexity index is 1560. The van der Waals surface area contributed by atoms with Crippen molar-refractivity contribution < 1.29 is 28.6 Å². The predicted octanol–water partition coefficient (Wildman–Crippen LogP) is 23.6. The summed E-state index contributed by atoms with van der Waals surface area (Å²) in [6.07, 6.45) is 91.5. The lowest BCUT2D eigenvalue weighted by atomic mass is 10.0. The van der Waals surface area contributed by atoms with Crippen molar-refractivity contribution in [3.8, 4) is 0 Å². The van der Waals surface area contributed by atoms with Crippen molar-refractivity contribution in [1.82, 2.24) is 0 Å². The van der Waals surface area contributed by atoms with Gasteiger partial charge in [-0.25, -0.2) is 0 Å². The van der Waals surface area contributed by atoms with Crippen molar-refractivity contribution in [2.24, 2.45) is 0 Å². The maximum atomic E-state index is 12.9. The molecular formula is C74H128O6. The Hall–Kier alpha value is -3.67. The first kappa shape index (κ1) is 76.3. The molecule has 0 aromatic rings. The van der Waals surface area contributed by atoms with Gasteiger partial charge in [-0.15, -0.1) is 0 Å². The summed E-state index contributed by atoms with van der Waals surface area (Å²) in [5, 5.41) is 0. The van der Waals surface area contributed by atoms with E-state index in [0.29, 0.717) is 19.3 Å². The monoisotopic (exact) mass is 1110 g/mol. The first-order valence-electron chi connectivity index (χ1n) is 34.2. The molecule has 0 rings (SSSR count). The Morgan fingerprint density at radius 1 is 0.263 bits per heavy atom. The van der Waals surface area contributed by atoms with E-state index in [2.05, 4.69) is 118 Å². The number of esters is 3. The number of allylic oxidation sites excluding steroid dienone is 16. The van der Waals surface area contributed by atoms with Crippen molar-refractivity contribution in [1.29, 1.82) is 0 Å². The highest BCUT2D eigenvalue weighted by atomic mass is 16.6.